The van der Waals surface area contributed by atoms with Crippen LogP contribution in [0.4, 0.5) is 0 Å². The van der Waals surface area contributed by atoms with Crippen LogP contribution in [0.5, 0.6) is 0 Å². The summed E-state index contributed by atoms with van der Waals surface area (Å²) in [6, 6.07) is 5.24. The van der Waals surface area contributed by atoms with E-state index >= 15 is 0 Å². The van der Waals surface area contributed by atoms with Crippen LogP contribution in [-0.4, -0.2) is 50.8 Å². The number of likely N-dealkylation sites (N-methyl/N-ethyl adjacent to an activating group) is 2. The number of benzene rings is 1. The van der Waals surface area contributed by atoms with Gasteiger partial charge in [-0.2, -0.15) is 4.31 Å². The third-order valence-corrected chi connectivity index (χ3v) is 6.24. The molecule has 0 aliphatic carbocycles. The Hall–Kier alpha value is -0.950. The van der Waals surface area contributed by atoms with E-state index < -0.39 is 10.0 Å². The highest BCUT2D eigenvalue weighted by atomic mass is 32.2. The van der Waals surface area contributed by atoms with Crippen molar-refractivity contribution in [3.8, 4) is 0 Å². The maximum Gasteiger partial charge on any atom is 0.243 e. The van der Waals surface area contributed by atoms with Gasteiger partial charge in [0.05, 0.1) is 4.90 Å². The molecule has 0 aromatic heterocycles. The molecule has 1 aromatic rings. The highest BCUT2D eigenvalue weighted by molar-refractivity contribution is 7.89. The van der Waals surface area contributed by atoms with Crippen molar-refractivity contribution >= 4 is 10.0 Å². The van der Waals surface area contributed by atoms with E-state index in [4.69, 9.17) is 5.73 Å². The summed E-state index contributed by atoms with van der Waals surface area (Å²) in [5.41, 5.74) is 7.59. The molecular formula is C15H25N3O2S. The van der Waals surface area contributed by atoms with Crippen LogP contribution < -0.4 is 5.73 Å². The van der Waals surface area contributed by atoms with E-state index in [1.54, 1.807) is 19.2 Å². The van der Waals surface area contributed by atoms with E-state index in [0.717, 1.165) is 37.1 Å². The summed E-state index contributed by atoms with van der Waals surface area (Å²) in [5, 5.41) is 0. The third kappa shape index (κ3) is 3.45. The Kier molecular flexibility index (Phi) is 5.03. The van der Waals surface area contributed by atoms with E-state index in [-0.39, 0.29) is 6.04 Å². The predicted molar refractivity (Wildman–Crippen MR) is 84.5 cm³/mol. The Balaban J connectivity index is 2.28. The number of aryl methyl sites for hydroxylation is 1. The molecule has 1 atom stereocenters. The monoisotopic (exact) mass is 311 g/mol. The average molecular weight is 311 g/mol. The van der Waals surface area contributed by atoms with E-state index in [9.17, 15) is 8.42 Å². The van der Waals surface area contributed by atoms with Crippen molar-refractivity contribution in [2.45, 2.75) is 37.2 Å². The lowest BCUT2D eigenvalue weighted by Crippen LogP contribution is -2.47. The number of nitrogens with two attached hydrogens (primary N) is 1. The lowest BCUT2D eigenvalue weighted by atomic mass is 10.1. The molecule has 0 saturated carbocycles. The van der Waals surface area contributed by atoms with Crippen LogP contribution in [0.2, 0.25) is 0 Å². The molecule has 0 radical (unpaired) electrons. The normalized spacial score (nSPS) is 20.9. The largest absolute Gasteiger partial charge is 0.326 e. The molecule has 1 fully saturated rings. The molecular weight excluding hydrogens is 286 g/mol. The molecule has 0 bridgehead atoms. The Labute approximate surface area is 127 Å². The molecule has 2 N–H and O–H groups in total. The average Bonchev–Trinajstić information content (AvgIpc) is 2.46. The van der Waals surface area contributed by atoms with E-state index in [0.29, 0.717) is 11.4 Å². The zero-order valence-corrected chi connectivity index (χ0v) is 13.9. The fraction of sp³-hybridized carbons (Fsp3) is 0.600. The summed E-state index contributed by atoms with van der Waals surface area (Å²) in [7, 11) is 0.254. The molecule has 0 spiro atoms. The highest BCUT2D eigenvalue weighted by Gasteiger charge is 2.30. The van der Waals surface area contributed by atoms with Gasteiger partial charge in [0.2, 0.25) is 10.0 Å². The van der Waals surface area contributed by atoms with E-state index in [1.807, 2.05) is 20.0 Å². The Morgan fingerprint density at radius 3 is 2.76 bits per heavy atom. The minimum atomic E-state index is -3.46. The van der Waals surface area contributed by atoms with E-state index in [1.165, 1.54) is 4.31 Å². The summed E-state index contributed by atoms with van der Waals surface area (Å²) in [4.78, 5) is 2.52. The first-order valence-corrected chi connectivity index (χ1v) is 8.76. The summed E-state index contributed by atoms with van der Waals surface area (Å²) in [5.74, 6) is 0. The van der Waals surface area contributed by atoms with Crippen LogP contribution >= 0.6 is 0 Å². The molecule has 1 unspecified atom stereocenters. The number of piperidine rings is 1. The molecule has 118 valence electrons. The van der Waals surface area contributed by atoms with Gasteiger partial charge in [0.15, 0.2) is 0 Å². The number of hydrogen-bond donors (Lipinski definition) is 1. The first kappa shape index (κ1) is 16.4. The fourth-order valence-electron chi connectivity index (χ4n) is 2.83. The lowest BCUT2D eigenvalue weighted by Gasteiger charge is -2.35. The highest BCUT2D eigenvalue weighted by Crippen LogP contribution is 2.23. The molecule has 6 heteroatoms. The van der Waals surface area contributed by atoms with Crippen LogP contribution in [-0.2, 0) is 16.6 Å². The first-order chi connectivity index (χ1) is 9.86. The quantitative estimate of drug-likeness (QED) is 0.906. The SMILES string of the molecule is Cc1ccc(S(=O)(=O)N(C)C2CCCN(C)C2)cc1CN. The van der Waals surface area contributed by atoms with Gasteiger partial charge in [-0.05, 0) is 56.6 Å². The van der Waals surface area contributed by atoms with Crippen LogP contribution in [0.25, 0.3) is 0 Å². The van der Waals surface area contributed by atoms with Gasteiger partial charge < -0.3 is 10.6 Å². The Morgan fingerprint density at radius 2 is 2.14 bits per heavy atom. The Morgan fingerprint density at radius 1 is 1.43 bits per heavy atom. The van der Waals surface area contributed by atoms with Crippen molar-refractivity contribution in [1.29, 1.82) is 0 Å². The van der Waals surface area contributed by atoms with Crippen molar-refractivity contribution < 1.29 is 8.42 Å². The molecule has 1 aliphatic heterocycles. The summed E-state index contributed by atoms with van der Waals surface area (Å²) in [6.45, 7) is 4.11. The van der Waals surface area contributed by atoms with E-state index in [2.05, 4.69) is 4.90 Å². The topological polar surface area (TPSA) is 66.6 Å². The molecule has 1 aromatic carbocycles. The van der Waals surface area contributed by atoms with Gasteiger partial charge in [-0.1, -0.05) is 6.07 Å². The minimum Gasteiger partial charge on any atom is -0.326 e. The lowest BCUT2D eigenvalue weighted by molar-refractivity contribution is 0.187. The number of nitrogens with zero attached hydrogens (tertiary/aromatic N) is 2. The van der Waals surface area contributed by atoms with Gasteiger partial charge in [0.25, 0.3) is 0 Å². The molecule has 21 heavy (non-hydrogen) atoms. The second kappa shape index (κ2) is 6.44. The van der Waals surface area contributed by atoms with Gasteiger partial charge in [0, 0.05) is 26.2 Å². The van der Waals surface area contributed by atoms with Gasteiger partial charge in [-0.25, -0.2) is 8.42 Å². The molecule has 5 nitrogen and oxygen atoms in total. The predicted octanol–water partition coefficient (Wildman–Crippen LogP) is 1.17. The van der Waals surface area contributed by atoms with Gasteiger partial charge in [-0.3, -0.25) is 0 Å². The van der Waals surface area contributed by atoms with Crippen LogP contribution in [0.3, 0.4) is 0 Å². The van der Waals surface area contributed by atoms with Crippen molar-refractivity contribution in [2.75, 3.05) is 27.2 Å². The minimum absolute atomic E-state index is 0.0383. The van der Waals surface area contributed by atoms with Crippen molar-refractivity contribution in [3.63, 3.8) is 0 Å². The third-order valence-electron chi connectivity index (χ3n) is 4.33. The number of likely N-dealkylation sites (tertiary alicyclic amines) is 1. The first-order valence-electron chi connectivity index (χ1n) is 7.32. The van der Waals surface area contributed by atoms with Gasteiger partial charge in [-0.15, -0.1) is 0 Å². The molecule has 2 rings (SSSR count). The maximum atomic E-state index is 12.8. The molecule has 1 aliphatic rings. The van der Waals surface area contributed by atoms with Crippen LogP contribution in [0, 0.1) is 6.92 Å². The summed E-state index contributed by atoms with van der Waals surface area (Å²) in [6.07, 6.45) is 1.94. The summed E-state index contributed by atoms with van der Waals surface area (Å²) < 4.78 is 27.1. The fourth-order valence-corrected chi connectivity index (χ4v) is 4.25. The smallest absolute Gasteiger partial charge is 0.243 e. The van der Waals surface area contributed by atoms with Crippen molar-refractivity contribution in [3.05, 3.63) is 29.3 Å². The number of rotatable bonds is 4. The Bertz CT molecular complexity index is 601. The van der Waals surface area contributed by atoms with Gasteiger partial charge >= 0.3 is 0 Å². The van der Waals surface area contributed by atoms with Crippen LogP contribution in [0.15, 0.2) is 23.1 Å². The zero-order valence-electron chi connectivity index (χ0n) is 13.0. The molecule has 1 heterocycles. The van der Waals surface area contributed by atoms with Crippen molar-refractivity contribution in [2.24, 2.45) is 5.73 Å². The molecule has 1 saturated heterocycles. The molecule has 0 amide bonds. The standard InChI is InChI=1S/C15H25N3O2S/c1-12-6-7-15(9-13(12)10-16)21(19,20)18(3)14-5-4-8-17(2)11-14/h6-7,9,14H,4-5,8,10-11,16H2,1-3H3. The van der Waals surface area contributed by atoms with Crippen molar-refractivity contribution in [1.82, 2.24) is 9.21 Å². The second-order valence-electron chi connectivity index (χ2n) is 5.87. The van der Waals surface area contributed by atoms with Gasteiger partial charge in [0.1, 0.15) is 0 Å². The number of hydrogen-bond acceptors (Lipinski definition) is 4. The number of sulfonamides is 1. The maximum absolute atomic E-state index is 12.8. The second-order valence-corrected chi connectivity index (χ2v) is 7.87. The zero-order chi connectivity index (χ0) is 15.6. The van der Waals surface area contributed by atoms with Crippen LogP contribution in [0.1, 0.15) is 24.0 Å². The summed E-state index contributed by atoms with van der Waals surface area (Å²) >= 11 is 0.